The summed E-state index contributed by atoms with van der Waals surface area (Å²) >= 11 is 0. The minimum atomic E-state index is -0.934. The lowest BCUT2D eigenvalue weighted by molar-refractivity contribution is -0.162. The smallest absolute Gasteiger partial charge is 0.328 e. The first kappa shape index (κ1) is 22.9. The Kier molecular flexibility index (Phi) is 7.93. The van der Waals surface area contributed by atoms with Gasteiger partial charge in [-0.05, 0) is 38.3 Å². The van der Waals surface area contributed by atoms with Crippen molar-refractivity contribution in [1.82, 2.24) is 15.4 Å². The number of unbranched alkanes of at least 4 members (excludes halogenated alkanes) is 1. The molecule has 0 fully saturated rings. The van der Waals surface area contributed by atoms with E-state index in [1.807, 2.05) is 0 Å². The monoisotopic (exact) mass is 419 g/mol. The van der Waals surface area contributed by atoms with Crippen LogP contribution in [0.15, 0.2) is 28.7 Å². The number of carbonyl (C=O) groups is 3. The van der Waals surface area contributed by atoms with Crippen LogP contribution in [0.2, 0.25) is 0 Å². The zero-order valence-electron chi connectivity index (χ0n) is 17.0. The lowest BCUT2D eigenvalue weighted by Crippen LogP contribution is -2.42. The topological polar surface area (TPSA) is 142 Å². The van der Waals surface area contributed by atoms with Crippen LogP contribution in [-0.4, -0.2) is 57.8 Å². The van der Waals surface area contributed by atoms with E-state index in [9.17, 15) is 24.7 Å². The number of phenols is 1. The summed E-state index contributed by atoms with van der Waals surface area (Å²) in [6.07, 6.45) is 1.12. The van der Waals surface area contributed by atoms with Crippen LogP contribution in [0.25, 0.3) is 11.5 Å². The van der Waals surface area contributed by atoms with Crippen LogP contribution >= 0.6 is 0 Å². The number of aromatic hydroxyl groups is 1. The molecule has 1 aromatic heterocycles. The molecule has 0 radical (unpaired) electrons. The fourth-order valence-electron chi connectivity index (χ4n) is 2.76. The highest BCUT2D eigenvalue weighted by atomic mass is 16.5. The number of amides is 2. The molecule has 0 unspecified atom stereocenters. The standard InChI is InChI=1S/C20H25N3O7/c1-12-17(22-19(30-12)14-8-4-5-10-16(14)25)18(26)21-15(20(27)29-3)9-6-7-11-23(28)13(2)24/h4-5,8,10,15,25,28H,6-7,9,11H2,1-3H3,(H,21,26)/t15-/m0/s1. The number of phenolic OH excluding ortho intramolecular Hbond substituents is 1. The van der Waals surface area contributed by atoms with E-state index in [0.717, 1.165) is 0 Å². The minimum absolute atomic E-state index is 0.0136. The molecule has 1 heterocycles. The van der Waals surface area contributed by atoms with Crippen LogP contribution in [-0.2, 0) is 14.3 Å². The number of hydroxylamine groups is 2. The molecule has 0 spiro atoms. The van der Waals surface area contributed by atoms with E-state index in [4.69, 9.17) is 9.15 Å². The van der Waals surface area contributed by atoms with Gasteiger partial charge in [0.05, 0.1) is 12.7 Å². The first-order chi connectivity index (χ1) is 14.2. The van der Waals surface area contributed by atoms with E-state index in [1.54, 1.807) is 25.1 Å². The number of nitrogens with one attached hydrogen (secondary N) is 1. The molecule has 2 rings (SSSR count). The quantitative estimate of drug-likeness (QED) is 0.243. The molecule has 0 saturated heterocycles. The largest absolute Gasteiger partial charge is 0.507 e. The van der Waals surface area contributed by atoms with E-state index in [-0.39, 0.29) is 36.1 Å². The lowest BCUT2D eigenvalue weighted by atomic mass is 10.1. The first-order valence-electron chi connectivity index (χ1n) is 9.36. The molecule has 0 bridgehead atoms. The number of esters is 1. The van der Waals surface area contributed by atoms with E-state index >= 15 is 0 Å². The second kappa shape index (κ2) is 10.4. The van der Waals surface area contributed by atoms with Gasteiger partial charge in [0.15, 0.2) is 5.69 Å². The predicted molar refractivity (Wildman–Crippen MR) is 105 cm³/mol. The van der Waals surface area contributed by atoms with E-state index in [1.165, 1.54) is 20.1 Å². The Morgan fingerprint density at radius 3 is 2.60 bits per heavy atom. The van der Waals surface area contributed by atoms with Crippen molar-refractivity contribution >= 4 is 17.8 Å². The van der Waals surface area contributed by atoms with Crippen molar-refractivity contribution in [3.63, 3.8) is 0 Å². The second-order valence-corrected chi connectivity index (χ2v) is 6.63. The molecule has 1 atom stereocenters. The van der Waals surface area contributed by atoms with Gasteiger partial charge in [-0.15, -0.1) is 0 Å². The normalized spacial score (nSPS) is 11.6. The number of hydrogen-bond acceptors (Lipinski definition) is 8. The maximum absolute atomic E-state index is 12.7. The van der Waals surface area contributed by atoms with Gasteiger partial charge >= 0.3 is 5.97 Å². The molecule has 10 heteroatoms. The van der Waals surface area contributed by atoms with Crippen molar-refractivity contribution in [3.05, 3.63) is 35.7 Å². The summed E-state index contributed by atoms with van der Waals surface area (Å²) in [5, 5.41) is 22.5. The fraction of sp³-hybridized carbons (Fsp3) is 0.400. The molecular formula is C20H25N3O7. The van der Waals surface area contributed by atoms with Gasteiger partial charge in [-0.25, -0.2) is 14.8 Å². The molecule has 0 saturated carbocycles. The Hall–Kier alpha value is -3.40. The van der Waals surface area contributed by atoms with Crippen LogP contribution in [0.1, 0.15) is 42.4 Å². The number of carbonyl (C=O) groups excluding carboxylic acids is 3. The van der Waals surface area contributed by atoms with Crippen LogP contribution in [0.5, 0.6) is 5.75 Å². The number of para-hydroxylation sites is 1. The second-order valence-electron chi connectivity index (χ2n) is 6.63. The summed E-state index contributed by atoms with van der Waals surface area (Å²) in [6, 6.07) is 5.49. The number of aryl methyl sites for hydroxylation is 1. The van der Waals surface area contributed by atoms with Gasteiger partial charge in [0.1, 0.15) is 17.6 Å². The highest BCUT2D eigenvalue weighted by Gasteiger charge is 2.26. The Morgan fingerprint density at radius 1 is 1.27 bits per heavy atom. The summed E-state index contributed by atoms with van der Waals surface area (Å²) in [4.78, 5) is 39.9. The third kappa shape index (κ3) is 5.80. The molecule has 0 aliphatic carbocycles. The third-order valence-electron chi connectivity index (χ3n) is 4.41. The first-order valence-corrected chi connectivity index (χ1v) is 9.36. The average molecular weight is 419 g/mol. The summed E-state index contributed by atoms with van der Waals surface area (Å²) in [6.45, 7) is 2.90. The molecule has 30 heavy (non-hydrogen) atoms. The van der Waals surface area contributed by atoms with E-state index in [0.29, 0.717) is 23.5 Å². The van der Waals surface area contributed by atoms with Crippen molar-refractivity contribution < 1.29 is 33.9 Å². The number of methoxy groups -OCH3 is 1. The van der Waals surface area contributed by atoms with Crippen LogP contribution in [0, 0.1) is 6.92 Å². The fourth-order valence-corrected chi connectivity index (χ4v) is 2.76. The molecular weight excluding hydrogens is 394 g/mol. The molecule has 2 aromatic rings. The predicted octanol–water partition coefficient (Wildman–Crippen LogP) is 2.04. The van der Waals surface area contributed by atoms with Crippen molar-refractivity contribution in [2.75, 3.05) is 13.7 Å². The zero-order valence-corrected chi connectivity index (χ0v) is 17.0. The van der Waals surface area contributed by atoms with Crippen LogP contribution in [0.4, 0.5) is 0 Å². The molecule has 0 aliphatic heterocycles. The number of rotatable bonds is 9. The van der Waals surface area contributed by atoms with Crippen molar-refractivity contribution in [1.29, 1.82) is 0 Å². The number of oxazole rings is 1. The van der Waals surface area contributed by atoms with Gasteiger partial charge in [-0.1, -0.05) is 12.1 Å². The van der Waals surface area contributed by atoms with Crippen molar-refractivity contribution in [2.45, 2.75) is 39.2 Å². The molecule has 0 aliphatic rings. The number of ether oxygens (including phenoxy) is 1. The average Bonchev–Trinajstić information content (AvgIpc) is 3.11. The van der Waals surface area contributed by atoms with Gasteiger partial charge in [-0.2, -0.15) is 0 Å². The number of benzene rings is 1. The molecule has 10 nitrogen and oxygen atoms in total. The summed E-state index contributed by atoms with van der Waals surface area (Å²) in [5.41, 5.74) is 0.323. The van der Waals surface area contributed by atoms with Gasteiger partial charge < -0.3 is 19.6 Å². The van der Waals surface area contributed by atoms with E-state index < -0.39 is 23.8 Å². The highest BCUT2D eigenvalue weighted by molar-refractivity contribution is 5.96. The zero-order chi connectivity index (χ0) is 22.3. The van der Waals surface area contributed by atoms with Gasteiger partial charge in [0.2, 0.25) is 11.8 Å². The SMILES string of the molecule is COC(=O)[C@H](CCCCN(O)C(C)=O)NC(=O)c1nc(-c2ccccc2O)oc1C. The summed E-state index contributed by atoms with van der Waals surface area (Å²) in [5.74, 6) is -1.46. The van der Waals surface area contributed by atoms with Gasteiger partial charge in [0.25, 0.3) is 5.91 Å². The Morgan fingerprint density at radius 2 is 1.97 bits per heavy atom. The third-order valence-corrected chi connectivity index (χ3v) is 4.41. The Bertz CT molecular complexity index is 910. The number of aromatic nitrogens is 1. The van der Waals surface area contributed by atoms with Gasteiger partial charge in [-0.3, -0.25) is 14.8 Å². The van der Waals surface area contributed by atoms with Crippen LogP contribution in [0.3, 0.4) is 0 Å². The van der Waals surface area contributed by atoms with Crippen LogP contribution < -0.4 is 5.32 Å². The molecule has 2 amide bonds. The Balaban J connectivity index is 2.06. The minimum Gasteiger partial charge on any atom is -0.507 e. The maximum Gasteiger partial charge on any atom is 0.328 e. The Labute approximate surface area is 173 Å². The van der Waals surface area contributed by atoms with Crippen molar-refractivity contribution in [3.8, 4) is 17.2 Å². The molecule has 3 N–H and O–H groups in total. The molecule has 1 aromatic carbocycles. The van der Waals surface area contributed by atoms with E-state index in [2.05, 4.69) is 10.3 Å². The maximum atomic E-state index is 12.7. The summed E-state index contributed by atoms with van der Waals surface area (Å²) < 4.78 is 10.2. The number of hydrogen-bond donors (Lipinski definition) is 3. The molecule has 162 valence electrons. The lowest BCUT2D eigenvalue weighted by Gasteiger charge is -2.17. The number of nitrogens with zero attached hydrogens (tertiary/aromatic N) is 2. The van der Waals surface area contributed by atoms with Crippen molar-refractivity contribution in [2.24, 2.45) is 0 Å². The summed E-state index contributed by atoms with van der Waals surface area (Å²) in [7, 11) is 1.21. The highest BCUT2D eigenvalue weighted by Crippen LogP contribution is 2.29. The van der Waals surface area contributed by atoms with Gasteiger partial charge in [0, 0.05) is 13.5 Å².